The number of rotatable bonds is 2. The largest absolute Gasteiger partial charge is 0.390 e. The van der Waals surface area contributed by atoms with Crippen molar-refractivity contribution >= 4 is 10.9 Å². The van der Waals surface area contributed by atoms with Gasteiger partial charge in [-0.1, -0.05) is 18.2 Å². The number of likely N-dealkylation sites (tertiary alicyclic amines) is 1. The van der Waals surface area contributed by atoms with E-state index < -0.39 is 5.60 Å². The summed E-state index contributed by atoms with van der Waals surface area (Å²) in [5, 5.41) is 11.3. The molecule has 102 valence electrons. The van der Waals surface area contributed by atoms with Crippen LogP contribution in [0.1, 0.15) is 31.0 Å². The summed E-state index contributed by atoms with van der Waals surface area (Å²) >= 11 is 0. The van der Waals surface area contributed by atoms with Gasteiger partial charge < -0.3 is 10.1 Å². The second-order valence-corrected chi connectivity index (χ2v) is 6.11. The van der Waals surface area contributed by atoms with Gasteiger partial charge in [-0.05, 0) is 43.7 Å². The van der Waals surface area contributed by atoms with Gasteiger partial charge in [0.1, 0.15) is 0 Å². The molecular weight excluding hydrogens is 236 g/mol. The van der Waals surface area contributed by atoms with E-state index in [0.717, 1.165) is 32.5 Å². The number of para-hydroxylation sites is 1. The summed E-state index contributed by atoms with van der Waals surface area (Å²) in [6, 6.07) is 8.65. The summed E-state index contributed by atoms with van der Waals surface area (Å²) < 4.78 is 0. The highest BCUT2D eigenvalue weighted by molar-refractivity contribution is 5.83. The summed E-state index contributed by atoms with van der Waals surface area (Å²) in [7, 11) is 0. The Kier molecular flexibility index (Phi) is 3.11. The van der Waals surface area contributed by atoms with Gasteiger partial charge in [0.15, 0.2) is 0 Å². The number of aromatic amines is 1. The van der Waals surface area contributed by atoms with Crippen LogP contribution < -0.4 is 0 Å². The van der Waals surface area contributed by atoms with Crippen molar-refractivity contribution in [3.8, 4) is 0 Å². The van der Waals surface area contributed by atoms with Gasteiger partial charge in [-0.3, -0.25) is 4.90 Å². The molecule has 1 aliphatic rings. The van der Waals surface area contributed by atoms with Crippen LogP contribution in [0.4, 0.5) is 0 Å². The zero-order chi connectivity index (χ0) is 13.5. The molecule has 3 rings (SSSR count). The molecule has 2 N–H and O–H groups in total. The molecule has 0 saturated carbocycles. The number of aliphatic hydroxyl groups is 1. The lowest BCUT2D eigenvalue weighted by Crippen LogP contribution is -2.41. The molecule has 0 amide bonds. The molecule has 1 aromatic heterocycles. The van der Waals surface area contributed by atoms with E-state index in [4.69, 9.17) is 0 Å². The lowest BCUT2D eigenvalue weighted by Gasteiger charge is -2.35. The fraction of sp³-hybridized carbons (Fsp3) is 0.500. The number of nitrogens with one attached hydrogen (secondary N) is 1. The Hall–Kier alpha value is -1.32. The topological polar surface area (TPSA) is 39.3 Å². The molecule has 19 heavy (non-hydrogen) atoms. The highest BCUT2D eigenvalue weighted by atomic mass is 16.3. The molecule has 0 radical (unpaired) electrons. The van der Waals surface area contributed by atoms with E-state index in [1.165, 1.54) is 22.2 Å². The SMILES string of the molecule is Cc1cccc2cc(CN3CCC(C)(O)CC3)[nH]c12. The van der Waals surface area contributed by atoms with Crippen molar-refractivity contribution in [3.63, 3.8) is 0 Å². The fourth-order valence-corrected chi connectivity index (χ4v) is 2.88. The number of piperidine rings is 1. The number of nitrogens with zero attached hydrogens (tertiary/aromatic N) is 1. The molecule has 1 aliphatic heterocycles. The fourth-order valence-electron chi connectivity index (χ4n) is 2.88. The van der Waals surface area contributed by atoms with Gasteiger partial charge in [-0.25, -0.2) is 0 Å². The molecule has 0 spiro atoms. The minimum Gasteiger partial charge on any atom is -0.390 e. The first-order chi connectivity index (χ1) is 9.03. The van der Waals surface area contributed by atoms with Crippen LogP contribution in [0, 0.1) is 6.92 Å². The molecule has 2 aromatic rings. The average Bonchev–Trinajstić information content (AvgIpc) is 2.76. The Morgan fingerprint density at radius 1 is 1.32 bits per heavy atom. The second-order valence-electron chi connectivity index (χ2n) is 6.11. The highest BCUT2D eigenvalue weighted by Gasteiger charge is 2.27. The van der Waals surface area contributed by atoms with Crippen LogP contribution in [0.2, 0.25) is 0 Å². The van der Waals surface area contributed by atoms with Crippen LogP contribution in [0.15, 0.2) is 24.3 Å². The van der Waals surface area contributed by atoms with Crippen LogP contribution >= 0.6 is 0 Å². The maximum absolute atomic E-state index is 9.97. The van der Waals surface area contributed by atoms with E-state index in [1.807, 2.05) is 6.92 Å². The van der Waals surface area contributed by atoms with Crippen LogP contribution in [0.5, 0.6) is 0 Å². The van der Waals surface area contributed by atoms with E-state index >= 15 is 0 Å². The van der Waals surface area contributed by atoms with Crippen molar-refractivity contribution in [2.75, 3.05) is 13.1 Å². The van der Waals surface area contributed by atoms with Gasteiger partial charge in [0.2, 0.25) is 0 Å². The maximum atomic E-state index is 9.97. The zero-order valence-corrected chi connectivity index (χ0v) is 11.7. The molecular formula is C16H22N2O. The lowest BCUT2D eigenvalue weighted by atomic mass is 9.94. The number of H-pyrrole nitrogens is 1. The van der Waals surface area contributed by atoms with Crippen LogP contribution in [-0.2, 0) is 6.54 Å². The first-order valence-corrected chi connectivity index (χ1v) is 7.05. The highest BCUT2D eigenvalue weighted by Crippen LogP contribution is 2.24. The molecule has 3 heteroatoms. The van der Waals surface area contributed by atoms with E-state index in [1.54, 1.807) is 0 Å². The van der Waals surface area contributed by atoms with Gasteiger partial charge >= 0.3 is 0 Å². The summed E-state index contributed by atoms with van der Waals surface area (Å²) in [5.74, 6) is 0. The molecule has 3 nitrogen and oxygen atoms in total. The second kappa shape index (κ2) is 4.66. The summed E-state index contributed by atoms with van der Waals surface area (Å²) in [5.41, 5.74) is 3.35. The molecule has 0 atom stereocenters. The Morgan fingerprint density at radius 3 is 2.74 bits per heavy atom. The zero-order valence-electron chi connectivity index (χ0n) is 11.7. The third-order valence-corrected chi connectivity index (χ3v) is 4.25. The van der Waals surface area contributed by atoms with E-state index in [2.05, 4.69) is 41.1 Å². The van der Waals surface area contributed by atoms with Gasteiger partial charge in [0.25, 0.3) is 0 Å². The minimum absolute atomic E-state index is 0.465. The smallest absolute Gasteiger partial charge is 0.0644 e. The number of hydrogen-bond acceptors (Lipinski definition) is 2. The third kappa shape index (κ3) is 2.67. The first kappa shape index (κ1) is 12.7. The molecule has 1 aromatic carbocycles. The Balaban J connectivity index is 1.74. The standard InChI is InChI=1S/C16H22N2O/c1-12-4-3-5-13-10-14(17-15(12)13)11-18-8-6-16(2,19)7-9-18/h3-5,10,17,19H,6-9,11H2,1-2H3. The molecule has 0 unspecified atom stereocenters. The summed E-state index contributed by atoms with van der Waals surface area (Å²) in [4.78, 5) is 5.94. The van der Waals surface area contributed by atoms with Crippen LogP contribution in [0.3, 0.4) is 0 Å². The van der Waals surface area contributed by atoms with Crippen LogP contribution in [0.25, 0.3) is 10.9 Å². The van der Waals surface area contributed by atoms with Gasteiger partial charge in [0, 0.05) is 30.8 Å². The Bertz CT molecular complexity index is 575. The number of aromatic nitrogens is 1. The first-order valence-electron chi connectivity index (χ1n) is 7.05. The number of fused-ring (bicyclic) bond motifs is 1. The van der Waals surface area contributed by atoms with Crippen molar-refractivity contribution in [2.24, 2.45) is 0 Å². The van der Waals surface area contributed by atoms with Crippen molar-refractivity contribution in [1.82, 2.24) is 9.88 Å². The van der Waals surface area contributed by atoms with Gasteiger partial charge in [-0.2, -0.15) is 0 Å². The van der Waals surface area contributed by atoms with Crippen LogP contribution in [-0.4, -0.2) is 33.7 Å². The monoisotopic (exact) mass is 258 g/mol. The van der Waals surface area contributed by atoms with Crippen molar-refractivity contribution in [2.45, 2.75) is 38.8 Å². The normalized spacial score (nSPS) is 19.9. The van der Waals surface area contributed by atoms with Crippen molar-refractivity contribution in [1.29, 1.82) is 0 Å². The maximum Gasteiger partial charge on any atom is 0.0644 e. The number of aryl methyl sites for hydroxylation is 1. The predicted molar refractivity (Wildman–Crippen MR) is 78.2 cm³/mol. The average molecular weight is 258 g/mol. The lowest BCUT2D eigenvalue weighted by molar-refractivity contribution is -0.00753. The van der Waals surface area contributed by atoms with Gasteiger partial charge in [-0.15, -0.1) is 0 Å². The van der Waals surface area contributed by atoms with Crippen molar-refractivity contribution < 1.29 is 5.11 Å². The molecule has 2 heterocycles. The number of benzene rings is 1. The molecule has 0 aliphatic carbocycles. The quantitative estimate of drug-likeness (QED) is 0.869. The Morgan fingerprint density at radius 2 is 2.05 bits per heavy atom. The Labute approximate surface area is 114 Å². The van der Waals surface area contributed by atoms with E-state index in [-0.39, 0.29) is 0 Å². The minimum atomic E-state index is -0.465. The van der Waals surface area contributed by atoms with Gasteiger partial charge in [0.05, 0.1) is 5.60 Å². The molecule has 1 saturated heterocycles. The van der Waals surface area contributed by atoms with Crippen molar-refractivity contribution in [3.05, 3.63) is 35.5 Å². The number of hydrogen-bond donors (Lipinski definition) is 2. The van der Waals surface area contributed by atoms with E-state index in [0.29, 0.717) is 0 Å². The third-order valence-electron chi connectivity index (χ3n) is 4.25. The van der Waals surface area contributed by atoms with E-state index in [9.17, 15) is 5.11 Å². The molecule has 0 bridgehead atoms. The summed E-state index contributed by atoms with van der Waals surface area (Å²) in [6.07, 6.45) is 1.73. The predicted octanol–water partition coefficient (Wildman–Crippen LogP) is 2.82. The summed E-state index contributed by atoms with van der Waals surface area (Å²) in [6.45, 7) is 6.98. The molecule has 1 fully saturated rings.